The number of aliphatic hydroxyl groups is 1. The van der Waals surface area contributed by atoms with Crippen LogP contribution in [0.3, 0.4) is 0 Å². The van der Waals surface area contributed by atoms with Gasteiger partial charge in [-0.05, 0) is 25.2 Å². The summed E-state index contributed by atoms with van der Waals surface area (Å²) < 4.78 is 15.4. The highest BCUT2D eigenvalue weighted by molar-refractivity contribution is 5.20. The maximum atomic E-state index is 13.6. The Balaban J connectivity index is 2.20. The molecule has 0 fully saturated rings. The van der Waals surface area contributed by atoms with Crippen LogP contribution in [0.1, 0.15) is 17.4 Å². The fourth-order valence-corrected chi connectivity index (χ4v) is 1.98. The number of halogens is 1. The molecule has 0 saturated heterocycles. The van der Waals surface area contributed by atoms with Crippen molar-refractivity contribution in [2.24, 2.45) is 0 Å². The lowest BCUT2D eigenvalue weighted by Gasteiger charge is -2.14. The molecule has 1 heterocycles. The molecule has 1 atom stereocenters. The van der Waals surface area contributed by atoms with E-state index in [0.717, 1.165) is 5.69 Å². The Morgan fingerprint density at radius 1 is 1.28 bits per heavy atom. The highest BCUT2D eigenvalue weighted by Gasteiger charge is 2.12. The van der Waals surface area contributed by atoms with Crippen LogP contribution in [-0.4, -0.2) is 23.3 Å². The van der Waals surface area contributed by atoms with Crippen molar-refractivity contribution in [2.75, 3.05) is 13.6 Å². The van der Waals surface area contributed by atoms with Gasteiger partial charge in [0, 0.05) is 24.0 Å². The van der Waals surface area contributed by atoms with E-state index in [0.29, 0.717) is 18.7 Å². The Kier molecular flexibility index (Phi) is 4.12. The molecule has 0 saturated carbocycles. The Hall–Kier alpha value is -1.65. The predicted molar refractivity (Wildman–Crippen MR) is 68.8 cm³/mol. The van der Waals surface area contributed by atoms with Gasteiger partial charge in [-0.1, -0.05) is 18.2 Å². The SMILES string of the molecule is CNCC(O)c1cccn1Cc1ccccc1F. The van der Waals surface area contributed by atoms with Gasteiger partial charge >= 0.3 is 0 Å². The molecule has 2 rings (SSSR count). The zero-order valence-electron chi connectivity index (χ0n) is 10.3. The van der Waals surface area contributed by atoms with E-state index in [2.05, 4.69) is 5.32 Å². The number of benzene rings is 1. The number of aromatic nitrogens is 1. The zero-order valence-corrected chi connectivity index (χ0v) is 10.3. The molecule has 2 N–H and O–H groups in total. The first kappa shape index (κ1) is 12.8. The molecular formula is C14H17FN2O. The standard InChI is InChI=1S/C14H17FN2O/c1-16-9-14(18)13-7-4-8-17(13)10-11-5-2-3-6-12(11)15/h2-8,14,16,18H,9-10H2,1H3. The van der Waals surface area contributed by atoms with Crippen molar-refractivity contribution < 1.29 is 9.50 Å². The third kappa shape index (κ3) is 2.78. The molecule has 0 bridgehead atoms. The average Bonchev–Trinajstić information content (AvgIpc) is 2.81. The van der Waals surface area contributed by atoms with Crippen LogP contribution >= 0.6 is 0 Å². The average molecular weight is 248 g/mol. The van der Waals surface area contributed by atoms with Crippen molar-refractivity contribution in [3.63, 3.8) is 0 Å². The van der Waals surface area contributed by atoms with Gasteiger partial charge in [0.2, 0.25) is 0 Å². The number of likely N-dealkylation sites (N-methyl/N-ethyl adjacent to an activating group) is 1. The zero-order chi connectivity index (χ0) is 13.0. The highest BCUT2D eigenvalue weighted by atomic mass is 19.1. The lowest BCUT2D eigenvalue weighted by molar-refractivity contribution is 0.169. The van der Waals surface area contributed by atoms with Crippen LogP contribution in [0.4, 0.5) is 4.39 Å². The lowest BCUT2D eigenvalue weighted by atomic mass is 10.2. The molecule has 18 heavy (non-hydrogen) atoms. The Bertz CT molecular complexity index is 510. The molecule has 0 amide bonds. The molecule has 0 aliphatic rings. The Morgan fingerprint density at radius 3 is 2.78 bits per heavy atom. The molecule has 0 radical (unpaired) electrons. The molecule has 3 nitrogen and oxygen atoms in total. The summed E-state index contributed by atoms with van der Waals surface area (Å²) >= 11 is 0. The van der Waals surface area contributed by atoms with Crippen molar-refractivity contribution in [3.05, 3.63) is 59.7 Å². The monoisotopic (exact) mass is 248 g/mol. The van der Waals surface area contributed by atoms with Gasteiger partial charge in [0.1, 0.15) is 11.9 Å². The minimum Gasteiger partial charge on any atom is -0.386 e. The van der Waals surface area contributed by atoms with Gasteiger partial charge in [-0.3, -0.25) is 0 Å². The van der Waals surface area contributed by atoms with E-state index in [4.69, 9.17) is 0 Å². The number of nitrogens with zero attached hydrogens (tertiary/aromatic N) is 1. The molecule has 1 aromatic heterocycles. The molecular weight excluding hydrogens is 231 g/mol. The van der Waals surface area contributed by atoms with Crippen LogP contribution < -0.4 is 5.32 Å². The minimum absolute atomic E-state index is 0.222. The second kappa shape index (κ2) is 5.80. The van der Waals surface area contributed by atoms with E-state index in [1.807, 2.05) is 29.0 Å². The summed E-state index contributed by atoms with van der Waals surface area (Å²) in [5, 5.41) is 12.9. The highest BCUT2D eigenvalue weighted by Crippen LogP contribution is 2.16. The summed E-state index contributed by atoms with van der Waals surface area (Å²) in [7, 11) is 1.79. The van der Waals surface area contributed by atoms with Crippen LogP contribution in [0.5, 0.6) is 0 Å². The van der Waals surface area contributed by atoms with Gasteiger partial charge in [0.15, 0.2) is 0 Å². The molecule has 0 spiro atoms. The van der Waals surface area contributed by atoms with Gasteiger partial charge in [-0.25, -0.2) is 4.39 Å². The first-order valence-electron chi connectivity index (χ1n) is 5.93. The number of rotatable bonds is 5. The third-order valence-corrected chi connectivity index (χ3v) is 2.90. The summed E-state index contributed by atoms with van der Waals surface area (Å²) in [5.41, 5.74) is 1.40. The number of hydrogen-bond acceptors (Lipinski definition) is 2. The second-order valence-electron chi connectivity index (χ2n) is 4.23. The fraction of sp³-hybridized carbons (Fsp3) is 0.286. The van der Waals surface area contributed by atoms with Crippen LogP contribution in [0.2, 0.25) is 0 Å². The third-order valence-electron chi connectivity index (χ3n) is 2.90. The summed E-state index contributed by atoms with van der Waals surface area (Å²) in [6, 6.07) is 10.4. The van der Waals surface area contributed by atoms with Crippen LogP contribution in [0.25, 0.3) is 0 Å². The smallest absolute Gasteiger partial charge is 0.128 e. The summed E-state index contributed by atoms with van der Waals surface area (Å²) in [6.07, 6.45) is 1.26. The number of hydrogen-bond donors (Lipinski definition) is 2. The van der Waals surface area contributed by atoms with Crippen molar-refractivity contribution in [1.29, 1.82) is 0 Å². The molecule has 1 unspecified atom stereocenters. The van der Waals surface area contributed by atoms with Crippen LogP contribution in [0.15, 0.2) is 42.6 Å². The van der Waals surface area contributed by atoms with E-state index >= 15 is 0 Å². The maximum Gasteiger partial charge on any atom is 0.128 e. The van der Waals surface area contributed by atoms with Gasteiger partial charge in [0.25, 0.3) is 0 Å². The molecule has 96 valence electrons. The van der Waals surface area contributed by atoms with E-state index in [1.54, 1.807) is 19.2 Å². The van der Waals surface area contributed by atoms with Crippen LogP contribution in [0, 0.1) is 5.82 Å². The Morgan fingerprint density at radius 2 is 2.06 bits per heavy atom. The van der Waals surface area contributed by atoms with Gasteiger partial charge in [-0.15, -0.1) is 0 Å². The first-order valence-corrected chi connectivity index (χ1v) is 5.93. The van der Waals surface area contributed by atoms with Crippen molar-refractivity contribution in [1.82, 2.24) is 9.88 Å². The lowest BCUT2D eigenvalue weighted by Crippen LogP contribution is -2.19. The summed E-state index contributed by atoms with van der Waals surface area (Å²) in [5.74, 6) is -0.222. The van der Waals surface area contributed by atoms with Crippen molar-refractivity contribution >= 4 is 0 Å². The van der Waals surface area contributed by atoms with Crippen molar-refractivity contribution in [2.45, 2.75) is 12.6 Å². The summed E-state index contributed by atoms with van der Waals surface area (Å²) in [4.78, 5) is 0. The summed E-state index contributed by atoms with van der Waals surface area (Å²) in [6.45, 7) is 0.900. The topological polar surface area (TPSA) is 37.2 Å². The number of nitrogens with one attached hydrogen (secondary N) is 1. The van der Waals surface area contributed by atoms with Gasteiger partial charge in [0.05, 0.1) is 6.54 Å². The number of aliphatic hydroxyl groups excluding tert-OH is 1. The predicted octanol–water partition coefficient (Wildman–Crippen LogP) is 1.93. The molecule has 2 aromatic rings. The Labute approximate surface area is 106 Å². The molecule has 0 aliphatic heterocycles. The fourth-order valence-electron chi connectivity index (χ4n) is 1.98. The quantitative estimate of drug-likeness (QED) is 0.848. The normalized spacial score (nSPS) is 12.6. The largest absolute Gasteiger partial charge is 0.386 e. The van der Waals surface area contributed by atoms with E-state index < -0.39 is 6.10 Å². The van der Waals surface area contributed by atoms with Crippen molar-refractivity contribution in [3.8, 4) is 0 Å². The second-order valence-corrected chi connectivity index (χ2v) is 4.23. The van der Waals surface area contributed by atoms with Crippen LogP contribution in [-0.2, 0) is 6.54 Å². The van der Waals surface area contributed by atoms with Gasteiger partial charge in [-0.2, -0.15) is 0 Å². The van der Waals surface area contributed by atoms with E-state index in [9.17, 15) is 9.50 Å². The minimum atomic E-state index is -0.586. The molecule has 1 aromatic carbocycles. The van der Waals surface area contributed by atoms with E-state index in [-0.39, 0.29) is 5.82 Å². The van der Waals surface area contributed by atoms with E-state index in [1.165, 1.54) is 6.07 Å². The molecule has 0 aliphatic carbocycles. The van der Waals surface area contributed by atoms with Gasteiger partial charge < -0.3 is 15.0 Å². The first-order chi connectivity index (χ1) is 8.72. The molecule has 4 heteroatoms. The maximum absolute atomic E-state index is 13.6.